The molecule has 1 amide bonds. The van der Waals surface area contributed by atoms with Crippen molar-refractivity contribution in [2.75, 3.05) is 32.7 Å². The molecule has 1 heterocycles. The zero-order valence-corrected chi connectivity index (χ0v) is 12.7. The second-order valence-corrected chi connectivity index (χ2v) is 5.82. The van der Waals surface area contributed by atoms with Crippen LogP contribution in [0, 0.1) is 22.7 Å². The van der Waals surface area contributed by atoms with Crippen molar-refractivity contribution in [3.8, 4) is 12.1 Å². The Labute approximate surface area is 126 Å². The number of hydrogen-bond donors (Lipinski definition) is 1. The molecule has 1 rings (SSSR count). The predicted molar refractivity (Wildman–Crippen MR) is 78.0 cm³/mol. The van der Waals surface area contributed by atoms with Crippen molar-refractivity contribution in [3.05, 3.63) is 0 Å². The van der Waals surface area contributed by atoms with Gasteiger partial charge in [-0.1, -0.05) is 0 Å². The van der Waals surface area contributed by atoms with Gasteiger partial charge in [0.1, 0.15) is 0 Å². The fourth-order valence-electron chi connectivity index (χ4n) is 2.50. The Morgan fingerprint density at radius 3 is 2.43 bits per heavy atom. The quantitative estimate of drug-likeness (QED) is 0.784. The van der Waals surface area contributed by atoms with Crippen molar-refractivity contribution in [1.82, 2.24) is 9.80 Å². The number of carbonyl (C=O) groups is 1. The number of nitrogens with zero attached hydrogens (tertiary/aromatic N) is 4. The highest BCUT2D eigenvalue weighted by Gasteiger charge is 2.26. The van der Waals surface area contributed by atoms with Gasteiger partial charge >= 0.3 is 0 Å². The molecule has 116 valence electrons. The Balaban J connectivity index is 2.51. The molecule has 0 saturated carbocycles. The van der Waals surface area contributed by atoms with E-state index in [1.54, 1.807) is 4.90 Å². The summed E-state index contributed by atoms with van der Waals surface area (Å²) in [5, 5.41) is 27.3. The standard InChI is InChI=1S/C15H24N4O2/c1-15(21)5-2-9-18(12-6-15)13-14(20)19(10-3-7-16)11-4-8-17/h21H,2-6,9-13H2,1H3. The molecule has 0 aliphatic carbocycles. The van der Waals surface area contributed by atoms with E-state index in [1.807, 2.05) is 19.1 Å². The largest absolute Gasteiger partial charge is 0.390 e. The summed E-state index contributed by atoms with van der Waals surface area (Å²) >= 11 is 0. The predicted octanol–water partition coefficient (Wildman–Crippen LogP) is 0.879. The van der Waals surface area contributed by atoms with E-state index < -0.39 is 5.60 Å². The monoisotopic (exact) mass is 292 g/mol. The molecule has 1 unspecified atom stereocenters. The minimum Gasteiger partial charge on any atom is -0.390 e. The van der Waals surface area contributed by atoms with Crippen molar-refractivity contribution in [1.29, 1.82) is 10.5 Å². The Morgan fingerprint density at radius 1 is 1.24 bits per heavy atom. The van der Waals surface area contributed by atoms with E-state index in [9.17, 15) is 9.90 Å². The first-order valence-electron chi connectivity index (χ1n) is 7.45. The highest BCUT2D eigenvalue weighted by atomic mass is 16.3. The van der Waals surface area contributed by atoms with E-state index in [1.165, 1.54) is 0 Å². The Hall–Kier alpha value is -1.63. The van der Waals surface area contributed by atoms with Gasteiger partial charge in [-0.05, 0) is 32.7 Å². The minimum atomic E-state index is -0.640. The zero-order chi connectivity index (χ0) is 15.7. The lowest BCUT2D eigenvalue weighted by atomic mass is 9.98. The van der Waals surface area contributed by atoms with Crippen LogP contribution in [0.1, 0.15) is 39.0 Å². The van der Waals surface area contributed by atoms with Crippen molar-refractivity contribution in [3.63, 3.8) is 0 Å². The lowest BCUT2D eigenvalue weighted by Crippen LogP contribution is -2.42. The molecule has 0 aromatic rings. The molecule has 6 heteroatoms. The van der Waals surface area contributed by atoms with Gasteiger partial charge in [0.15, 0.2) is 0 Å². The van der Waals surface area contributed by atoms with Gasteiger partial charge < -0.3 is 10.0 Å². The molecule has 1 fully saturated rings. The summed E-state index contributed by atoms with van der Waals surface area (Å²) in [4.78, 5) is 15.9. The number of amides is 1. The van der Waals surface area contributed by atoms with E-state index in [4.69, 9.17) is 10.5 Å². The average molecular weight is 292 g/mol. The third kappa shape index (κ3) is 6.57. The summed E-state index contributed by atoms with van der Waals surface area (Å²) in [6, 6.07) is 4.06. The fraction of sp³-hybridized carbons (Fsp3) is 0.800. The molecule has 1 saturated heterocycles. The van der Waals surface area contributed by atoms with E-state index >= 15 is 0 Å². The Kier molecular flexibility index (Phi) is 7.14. The second kappa shape index (κ2) is 8.61. The molecular formula is C15H24N4O2. The Bertz CT molecular complexity index is 404. The lowest BCUT2D eigenvalue weighted by molar-refractivity contribution is -0.132. The maximum absolute atomic E-state index is 12.3. The average Bonchev–Trinajstić information content (AvgIpc) is 2.60. The third-order valence-electron chi connectivity index (χ3n) is 3.85. The van der Waals surface area contributed by atoms with E-state index in [-0.39, 0.29) is 18.7 Å². The van der Waals surface area contributed by atoms with Crippen LogP contribution < -0.4 is 0 Å². The van der Waals surface area contributed by atoms with Crippen LogP contribution >= 0.6 is 0 Å². The number of hydrogen-bond acceptors (Lipinski definition) is 5. The molecule has 1 atom stereocenters. The van der Waals surface area contributed by atoms with Crippen LogP contribution in [0.4, 0.5) is 0 Å². The lowest BCUT2D eigenvalue weighted by Gasteiger charge is -2.26. The van der Waals surface area contributed by atoms with Gasteiger partial charge in [-0.25, -0.2) is 0 Å². The van der Waals surface area contributed by atoms with E-state index in [0.29, 0.717) is 32.6 Å². The van der Waals surface area contributed by atoms with Gasteiger partial charge in [-0.15, -0.1) is 0 Å². The third-order valence-corrected chi connectivity index (χ3v) is 3.85. The van der Waals surface area contributed by atoms with Gasteiger partial charge in [0.2, 0.25) is 5.91 Å². The van der Waals surface area contributed by atoms with Crippen LogP contribution in [-0.4, -0.2) is 59.1 Å². The minimum absolute atomic E-state index is 0.0398. The highest BCUT2D eigenvalue weighted by molar-refractivity contribution is 5.78. The van der Waals surface area contributed by atoms with E-state index in [0.717, 1.165) is 19.4 Å². The molecular weight excluding hydrogens is 268 g/mol. The number of likely N-dealkylation sites (tertiary alicyclic amines) is 1. The van der Waals surface area contributed by atoms with Crippen molar-refractivity contribution >= 4 is 5.91 Å². The summed E-state index contributed by atoms with van der Waals surface area (Å²) in [5.74, 6) is -0.0398. The van der Waals surface area contributed by atoms with Crippen molar-refractivity contribution < 1.29 is 9.90 Å². The van der Waals surface area contributed by atoms with Crippen LogP contribution in [0.3, 0.4) is 0 Å². The molecule has 1 aliphatic heterocycles. The number of nitriles is 2. The molecule has 0 spiro atoms. The summed E-state index contributed by atoms with van der Waals surface area (Å²) in [6.45, 7) is 4.39. The summed E-state index contributed by atoms with van der Waals surface area (Å²) in [6.07, 6.45) is 2.86. The van der Waals surface area contributed by atoms with Gasteiger partial charge in [-0.3, -0.25) is 9.69 Å². The topological polar surface area (TPSA) is 91.4 Å². The van der Waals surface area contributed by atoms with Crippen molar-refractivity contribution in [2.45, 2.75) is 44.6 Å². The molecule has 1 aliphatic rings. The van der Waals surface area contributed by atoms with Gasteiger partial charge in [0, 0.05) is 19.6 Å². The fourth-order valence-corrected chi connectivity index (χ4v) is 2.50. The normalized spacial score (nSPS) is 22.9. The summed E-state index contributed by atoms with van der Waals surface area (Å²) in [5.41, 5.74) is -0.640. The zero-order valence-electron chi connectivity index (χ0n) is 12.7. The molecule has 0 aromatic heterocycles. The van der Waals surface area contributed by atoms with Crippen LogP contribution in [0.15, 0.2) is 0 Å². The van der Waals surface area contributed by atoms with Crippen LogP contribution in [0.25, 0.3) is 0 Å². The molecule has 1 N–H and O–H groups in total. The summed E-state index contributed by atoms with van der Waals surface area (Å²) in [7, 11) is 0. The molecule has 0 aromatic carbocycles. The SMILES string of the molecule is CC1(O)CCCN(CC(=O)N(CCC#N)CCC#N)CC1. The first-order valence-corrected chi connectivity index (χ1v) is 7.45. The smallest absolute Gasteiger partial charge is 0.236 e. The summed E-state index contributed by atoms with van der Waals surface area (Å²) < 4.78 is 0. The first-order chi connectivity index (χ1) is 9.98. The maximum Gasteiger partial charge on any atom is 0.236 e. The Morgan fingerprint density at radius 2 is 1.86 bits per heavy atom. The molecule has 21 heavy (non-hydrogen) atoms. The highest BCUT2D eigenvalue weighted by Crippen LogP contribution is 2.21. The maximum atomic E-state index is 12.3. The van der Waals surface area contributed by atoms with Crippen LogP contribution in [0.5, 0.6) is 0 Å². The molecule has 6 nitrogen and oxygen atoms in total. The van der Waals surface area contributed by atoms with Gasteiger partial charge in [0.05, 0.1) is 37.1 Å². The van der Waals surface area contributed by atoms with Crippen molar-refractivity contribution in [2.24, 2.45) is 0 Å². The van der Waals surface area contributed by atoms with Crippen LogP contribution in [0.2, 0.25) is 0 Å². The number of aliphatic hydroxyl groups is 1. The number of rotatable bonds is 6. The van der Waals surface area contributed by atoms with Gasteiger partial charge in [0.25, 0.3) is 0 Å². The molecule has 0 bridgehead atoms. The van der Waals surface area contributed by atoms with Crippen LogP contribution in [-0.2, 0) is 4.79 Å². The van der Waals surface area contributed by atoms with Gasteiger partial charge in [-0.2, -0.15) is 10.5 Å². The van der Waals surface area contributed by atoms with E-state index in [2.05, 4.69) is 4.90 Å². The number of carbonyl (C=O) groups excluding carboxylic acids is 1. The first kappa shape index (κ1) is 17.4. The second-order valence-electron chi connectivity index (χ2n) is 5.82. The molecule has 0 radical (unpaired) electrons.